The molecule has 0 atom stereocenters. The lowest BCUT2D eigenvalue weighted by Crippen LogP contribution is -2.21. The number of hydrogen-bond donors (Lipinski definition) is 1. The molecule has 144 valence electrons. The van der Waals surface area contributed by atoms with Crippen LogP contribution in [-0.2, 0) is 16.6 Å². The third kappa shape index (κ3) is 5.20. The van der Waals surface area contributed by atoms with Crippen LogP contribution in [0, 0.1) is 0 Å². The summed E-state index contributed by atoms with van der Waals surface area (Å²) < 4.78 is 24.3. The number of sulfonamides is 1. The van der Waals surface area contributed by atoms with Crippen LogP contribution < -0.4 is 9.73 Å². The number of nitrogens with zero attached hydrogens (tertiary/aromatic N) is 2. The molecule has 0 spiro atoms. The van der Waals surface area contributed by atoms with Crippen LogP contribution in [0.3, 0.4) is 0 Å². The molecule has 0 fully saturated rings. The molecule has 0 saturated heterocycles. The Morgan fingerprint density at radius 3 is 2.11 bits per heavy atom. The second kappa shape index (κ2) is 9.19. The molecular formula is C22H23N3O2S. The van der Waals surface area contributed by atoms with E-state index in [1.165, 1.54) is 23.9 Å². The minimum Gasteiger partial charge on any atom is -0.367 e. The highest BCUT2D eigenvalue weighted by Gasteiger charge is 2.11. The zero-order valence-corrected chi connectivity index (χ0v) is 16.5. The second-order valence-electron chi connectivity index (χ2n) is 6.26. The Morgan fingerprint density at radius 1 is 0.893 bits per heavy atom. The number of rotatable bonds is 8. The summed E-state index contributed by atoms with van der Waals surface area (Å²) in [5.74, 6) is 0. The summed E-state index contributed by atoms with van der Waals surface area (Å²) in [6.45, 7) is 3.84. The van der Waals surface area contributed by atoms with Crippen molar-refractivity contribution in [3.8, 4) is 0 Å². The summed E-state index contributed by atoms with van der Waals surface area (Å²) in [4.78, 5) is 4.69. The van der Waals surface area contributed by atoms with Gasteiger partial charge in [0.2, 0.25) is 0 Å². The third-order valence-corrected chi connectivity index (χ3v) is 5.53. The maximum absolute atomic E-state index is 12.1. The molecule has 0 aliphatic carbocycles. The molecular weight excluding hydrogens is 370 g/mol. The van der Waals surface area contributed by atoms with E-state index in [1.807, 2.05) is 42.5 Å². The van der Waals surface area contributed by atoms with E-state index < -0.39 is 10.0 Å². The van der Waals surface area contributed by atoms with Crippen molar-refractivity contribution in [2.24, 2.45) is 5.10 Å². The van der Waals surface area contributed by atoms with Crippen LogP contribution in [0.25, 0.3) is 0 Å². The molecule has 6 heteroatoms. The van der Waals surface area contributed by atoms with Crippen molar-refractivity contribution >= 4 is 21.9 Å². The molecule has 0 aliphatic rings. The standard InChI is InChI=1S/C22H23N3O2S/c1-2-25(18-20-9-5-3-6-10-20)21-15-13-19(14-16-21)17-23-24-28(26,27)22-11-7-4-8-12-22/h3-17,24H,2,18H2,1H3/b23-17+. The molecule has 0 bridgehead atoms. The van der Waals surface area contributed by atoms with Crippen molar-refractivity contribution in [3.63, 3.8) is 0 Å². The Morgan fingerprint density at radius 2 is 1.50 bits per heavy atom. The van der Waals surface area contributed by atoms with Crippen molar-refractivity contribution in [2.45, 2.75) is 18.4 Å². The monoisotopic (exact) mass is 393 g/mol. The van der Waals surface area contributed by atoms with E-state index in [9.17, 15) is 8.42 Å². The van der Waals surface area contributed by atoms with Crippen LogP contribution >= 0.6 is 0 Å². The molecule has 0 saturated carbocycles. The summed E-state index contributed by atoms with van der Waals surface area (Å²) in [5, 5.41) is 3.88. The minimum absolute atomic E-state index is 0.182. The lowest BCUT2D eigenvalue weighted by atomic mass is 10.1. The van der Waals surface area contributed by atoms with Gasteiger partial charge in [0.1, 0.15) is 0 Å². The topological polar surface area (TPSA) is 61.8 Å². The average molecular weight is 394 g/mol. The highest BCUT2D eigenvalue weighted by Crippen LogP contribution is 2.17. The van der Waals surface area contributed by atoms with Gasteiger partial charge >= 0.3 is 0 Å². The fourth-order valence-electron chi connectivity index (χ4n) is 2.78. The number of anilines is 1. The van der Waals surface area contributed by atoms with Gasteiger partial charge in [-0.1, -0.05) is 60.7 Å². The van der Waals surface area contributed by atoms with Crippen molar-refractivity contribution in [2.75, 3.05) is 11.4 Å². The summed E-state index contributed by atoms with van der Waals surface area (Å²) in [5.41, 5.74) is 3.17. The summed E-state index contributed by atoms with van der Waals surface area (Å²) >= 11 is 0. The summed E-state index contributed by atoms with van der Waals surface area (Å²) in [6, 6.07) is 26.4. The van der Waals surface area contributed by atoms with Crippen molar-refractivity contribution in [3.05, 3.63) is 96.1 Å². The van der Waals surface area contributed by atoms with Crippen LogP contribution in [0.4, 0.5) is 5.69 Å². The molecule has 0 unspecified atom stereocenters. The molecule has 3 rings (SSSR count). The Hall–Kier alpha value is -3.12. The molecule has 3 aromatic rings. The van der Waals surface area contributed by atoms with Gasteiger partial charge in [0.25, 0.3) is 10.0 Å². The van der Waals surface area contributed by atoms with E-state index in [2.05, 4.69) is 33.9 Å². The number of nitrogens with one attached hydrogen (secondary N) is 1. The molecule has 5 nitrogen and oxygen atoms in total. The average Bonchev–Trinajstić information content (AvgIpc) is 2.74. The largest absolute Gasteiger partial charge is 0.367 e. The Balaban J connectivity index is 1.64. The number of hydrazone groups is 1. The number of hydrogen-bond acceptors (Lipinski definition) is 4. The molecule has 0 amide bonds. The fraction of sp³-hybridized carbons (Fsp3) is 0.136. The first kappa shape index (κ1) is 19.6. The van der Waals surface area contributed by atoms with Crippen LogP contribution in [0.2, 0.25) is 0 Å². The first-order valence-corrected chi connectivity index (χ1v) is 10.6. The van der Waals surface area contributed by atoms with Gasteiger partial charge in [-0.3, -0.25) is 0 Å². The van der Waals surface area contributed by atoms with E-state index in [1.54, 1.807) is 18.2 Å². The van der Waals surface area contributed by atoms with E-state index in [0.29, 0.717) is 0 Å². The van der Waals surface area contributed by atoms with Crippen LogP contribution in [0.5, 0.6) is 0 Å². The third-order valence-electron chi connectivity index (χ3n) is 4.30. The Kier molecular flexibility index (Phi) is 6.45. The second-order valence-corrected chi connectivity index (χ2v) is 7.92. The van der Waals surface area contributed by atoms with E-state index in [4.69, 9.17) is 0 Å². The Bertz CT molecular complexity index is 1000. The highest BCUT2D eigenvalue weighted by molar-refractivity contribution is 7.89. The predicted molar refractivity (Wildman–Crippen MR) is 114 cm³/mol. The highest BCUT2D eigenvalue weighted by atomic mass is 32.2. The molecule has 0 heterocycles. The minimum atomic E-state index is -3.65. The van der Waals surface area contributed by atoms with Gasteiger partial charge in [0.15, 0.2) is 0 Å². The maximum atomic E-state index is 12.1. The van der Waals surface area contributed by atoms with Crippen molar-refractivity contribution in [1.82, 2.24) is 4.83 Å². The first-order chi connectivity index (χ1) is 13.6. The maximum Gasteiger partial charge on any atom is 0.276 e. The van der Waals surface area contributed by atoms with Crippen LogP contribution in [0.1, 0.15) is 18.1 Å². The molecule has 0 radical (unpaired) electrons. The quantitative estimate of drug-likeness (QED) is 0.464. The molecule has 1 N–H and O–H groups in total. The summed E-state index contributed by atoms with van der Waals surface area (Å²) in [6.07, 6.45) is 1.50. The first-order valence-electron chi connectivity index (χ1n) is 9.07. The van der Waals surface area contributed by atoms with Gasteiger partial charge < -0.3 is 4.90 Å². The predicted octanol–water partition coefficient (Wildman–Crippen LogP) is 4.03. The molecule has 28 heavy (non-hydrogen) atoms. The smallest absolute Gasteiger partial charge is 0.276 e. The van der Waals surface area contributed by atoms with E-state index in [-0.39, 0.29) is 4.90 Å². The van der Waals surface area contributed by atoms with Gasteiger partial charge in [0.05, 0.1) is 11.1 Å². The summed E-state index contributed by atoms with van der Waals surface area (Å²) in [7, 11) is -3.65. The van der Waals surface area contributed by atoms with Crippen LogP contribution in [-0.4, -0.2) is 21.2 Å². The zero-order chi connectivity index (χ0) is 19.8. The van der Waals surface area contributed by atoms with Gasteiger partial charge in [-0.15, -0.1) is 0 Å². The van der Waals surface area contributed by atoms with Gasteiger partial charge in [-0.2, -0.15) is 13.5 Å². The lowest BCUT2D eigenvalue weighted by Gasteiger charge is -2.23. The van der Waals surface area contributed by atoms with Crippen molar-refractivity contribution < 1.29 is 8.42 Å². The fourth-order valence-corrected chi connectivity index (χ4v) is 3.60. The van der Waals surface area contributed by atoms with Crippen molar-refractivity contribution in [1.29, 1.82) is 0 Å². The van der Waals surface area contributed by atoms with E-state index in [0.717, 1.165) is 24.3 Å². The SMILES string of the molecule is CCN(Cc1ccccc1)c1ccc(/C=N/NS(=O)(=O)c2ccccc2)cc1. The zero-order valence-electron chi connectivity index (χ0n) is 15.7. The van der Waals surface area contributed by atoms with Crippen LogP contribution in [0.15, 0.2) is 94.9 Å². The van der Waals surface area contributed by atoms with Gasteiger partial charge in [0, 0.05) is 18.8 Å². The normalized spacial score (nSPS) is 11.5. The Labute approximate surface area is 166 Å². The lowest BCUT2D eigenvalue weighted by molar-refractivity contribution is 0.584. The molecule has 0 aliphatic heterocycles. The van der Waals surface area contributed by atoms with Gasteiger partial charge in [-0.25, -0.2) is 4.83 Å². The van der Waals surface area contributed by atoms with Gasteiger partial charge in [-0.05, 0) is 42.3 Å². The molecule has 3 aromatic carbocycles. The van der Waals surface area contributed by atoms with E-state index >= 15 is 0 Å². The molecule has 0 aromatic heterocycles. The number of benzene rings is 3.